The van der Waals surface area contributed by atoms with E-state index >= 15 is 0 Å². The van der Waals surface area contributed by atoms with E-state index in [0.29, 0.717) is 0 Å². The molecule has 12 nitrogen and oxygen atoms in total. The van der Waals surface area contributed by atoms with E-state index in [0.717, 1.165) is 0 Å². The molecule has 0 aliphatic heterocycles. The van der Waals surface area contributed by atoms with Crippen LogP contribution in [0.3, 0.4) is 0 Å². The van der Waals surface area contributed by atoms with Crippen LogP contribution in [0, 0.1) is 0 Å². The first-order valence-corrected chi connectivity index (χ1v) is 9.85. The number of hydrogen-bond acceptors (Lipinski definition) is 9. The second-order valence-corrected chi connectivity index (χ2v) is 10.5. The average Bonchev–Trinajstić information content (AvgIpc) is 1.71. The van der Waals surface area contributed by atoms with Crippen molar-refractivity contribution in [3.63, 3.8) is 0 Å². The Bertz CT molecular complexity index is 593. The zero-order chi connectivity index (χ0) is 14.7. The molecule has 0 rings (SSSR count). The largest absolute Gasteiger partial charge is 1.00 e. The predicted octanol–water partition coefficient (Wildman–Crippen LogP) is -7.74. The first-order chi connectivity index (χ1) is 6.96. The second-order valence-electron chi connectivity index (χ2n) is 2.32. The van der Waals surface area contributed by atoms with Gasteiger partial charge in [-0.15, -0.1) is 0 Å². The molecule has 106 valence electrons. The molecule has 0 saturated carbocycles. The number of rotatable bonds is 3. The standard InChI is InChI=1S/CH5NO5S2.H4N2O4S2.Na/c2-8(3,4)1-9(5,6)7;1-7(3,4)8(2,5)6;/h1H2,(H2,2,3,4)(H,5,6,7);(H2,1,3,4)(H2,2,5,6);/q;;+1/p-1. The molecule has 0 unspecified atom stereocenters. The van der Waals surface area contributed by atoms with Gasteiger partial charge in [-0.05, 0) is 0 Å². The minimum atomic E-state index is -4.74. The van der Waals surface area contributed by atoms with Gasteiger partial charge in [0.2, 0.25) is 10.0 Å². The summed E-state index contributed by atoms with van der Waals surface area (Å²) in [6, 6.07) is 0. The molecule has 0 spiro atoms. The molecule has 17 heteroatoms. The minimum absolute atomic E-state index is 0. The summed E-state index contributed by atoms with van der Waals surface area (Å²) in [6.45, 7) is 0. The number of hydrogen-bond donors (Lipinski definition) is 3. The van der Waals surface area contributed by atoms with E-state index in [-0.39, 0.29) is 29.6 Å². The van der Waals surface area contributed by atoms with Gasteiger partial charge in [-0.3, -0.25) is 0 Å². The summed E-state index contributed by atoms with van der Waals surface area (Å²) in [6.07, 6.45) is 0. The van der Waals surface area contributed by atoms with Crippen LogP contribution in [-0.4, -0.2) is 43.3 Å². The van der Waals surface area contributed by atoms with Gasteiger partial charge in [0.05, 0.1) is 0 Å². The molecule has 0 aromatic carbocycles. The van der Waals surface area contributed by atoms with Gasteiger partial charge in [0.25, 0.3) is 0 Å². The molecule has 0 aliphatic carbocycles. The number of sulfonamides is 1. The molecule has 0 aromatic heterocycles. The van der Waals surface area contributed by atoms with Crippen molar-refractivity contribution in [1.82, 2.24) is 0 Å². The van der Waals surface area contributed by atoms with Gasteiger partial charge in [-0.1, -0.05) is 0 Å². The Morgan fingerprint density at radius 3 is 0.944 bits per heavy atom. The molecule has 0 fully saturated rings. The molecule has 18 heavy (non-hydrogen) atoms. The summed E-state index contributed by atoms with van der Waals surface area (Å²) in [4.78, 5) is 0. The number of primary sulfonamides is 1. The smallest absolute Gasteiger partial charge is 0.747 e. The topological polar surface area (TPSA) is 238 Å². The molecule has 0 saturated heterocycles. The van der Waals surface area contributed by atoms with Crippen molar-refractivity contribution in [2.75, 3.05) is 5.08 Å². The van der Waals surface area contributed by atoms with Crippen LogP contribution in [0.15, 0.2) is 0 Å². The van der Waals surface area contributed by atoms with Gasteiger partial charge in [0.1, 0.15) is 10.1 Å². The van der Waals surface area contributed by atoms with Crippen molar-refractivity contribution in [3.8, 4) is 0 Å². The van der Waals surface area contributed by atoms with Crippen molar-refractivity contribution in [2.24, 2.45) is 15.4 Å². The normalized spacial score (nSPS) is 12.9. The Morgan fingerprint density at radius 1 is 0.722 bits per heavy atom. The van der Waals surface area contributed by atoms with E-state index < -0.39 is 43.3 Å². The van der Waals surface area contributed by atoms with Crippen LogP contribution in [0.5, 0.6) is 0 Å². The molecule has 0 aromatic rings. The summed E-state index contributed by atoms with van der Waals surface area (Å²) >= 11 is 0. The van der Waals surface area contributed by atoms with E-state index in [4.69, 9.17) is 0 Å². The van der Waals surface area contributed by atoms with Crippen molar-refractivity contribution in [2.45, 2.75) is 0 Å². The molecule has 0 amide bonds. The fraction of sp³-hybridized carbons (Fsp3) is 1.00. The molecular formula is CH8N3NaO9S4. The van der Waals surface area contributed by atoms with Crippen molar-refractivity contribution < 1.29 is 67.8 Å². The first kappa shape index (κ1) is 23.7. The minimum Gasteiger partial charge on any atom is -0.747 e. The third-order valence-corrected chi connectivity index (χ3v) is 5.69. The maximum atomic E-state index is 9.85. The second kappa shape index (κ2) is 7.43. The van der Waals surface area contributed by atoms with E-state index in [1.807, 2.05) is 0 Å². The zero-order valence-electron chi connectivity index (χ0n) is 8.75. The molecule has 0 bridgehead atoms. The molecule has 0 aliphatic rings. The first-order valence-electron chi connectivity index (χ1n) is 2.95. The SMILES string of the molecule is NS(=O)(=O)CS(=O)(=O)[O-].NS(=O)(=O)S(N)(=O)=O.[Na+]. The monoisotopic (exact) mass is 357 g/mol. The van der Waals surface area contributed by atoms with Crippen LogP contribution in [0.4, 0.5) is 0 Å². The summed E-state index contributed by atoms with van der Waals surface area (Å²) in [5.74, 6) is 0. The zero-order valence-corrected chi connectivity index (χ0v) is 14.0. The van der Waals surface area contributed by atoms with E-state index in [1.54, 1.807) is 0 Å². The Labute approximate surface area is 125 Å². The summed E-state index contributed by atoms with van der Waals surface area (Å²) in [5, 5.41) is 10.8. The summed E-state index contributed by atoms with van der Waals surface area (Å²) < 4.78 is 87.5. The van der Waals surface area contributed by atoms with E-state index in [1.165, 1.54) is 0 Å². The summed E-state index contributed by atoms with van der Waals surface area (Å²) in [5.41, 5.74) is 0. The molecule has 0 atom stereocenters. The van der Waals surface area contributed by atoms with Crippen LogP contribution >= 0.6 is 0 Å². The Hall–Kier alpha value is 0.640. The van der Waals surface area contributed by atoms with Gasteiger partial charge in [0.15, 0.2) is 5.08 Å². The Kier molecular flexibility index (Phi) is 9.79. The van der Waals surface area contributed by atoms with Gasteiger partial charge < -0.3 is 4.55 Å². The maximum absolute atomic E-state index is 9.85. The predicted molar refractivity (Wildman–Crippen MR) is 53.9 cm³/mol. The van der Waals surface area contributed by atoms with E-state index in [9.17, 15) is 38.2 Å². The van der Waals surface area contributed by atoms with Crippen molar-refractivity contribution in [3.05, 3.63) is 0 Å². The third-order valence-electron chi connectivity index (χ3n) is 0.632. The van der Waals surface area contributed by atoms with Gasteiger partial charge in [0, 0.05) is 0 Å². The van der Waals surface area contributed by atoms with Crippen molar-refractivity contribution in [1.29, 1.82) is 0 Å². The fourth-order valence-corrected chi connectivity index (χ4v) is 1.81. The Balaban J connectivity index is -0.000000238. The molecule has 0 heterocycles. The third kappa shape index (κ3) is 16.6. The quantitative estimate of drug-likeness (QED) is 0.246. The maximum Gasteiger partial charge on any atom is 1.00 e. The number of nitrogens with two attached hydrogens (primary N) is 3. The molecule has 6 N–H and O–H groups in total. The van der Waals surface area contributed by atoms with Gasteiger partial charge in [-0.2, -0.15) is 16.8 Å². The summed E-state index contributed by atoms with van der Waals surface area (Å²) in [7, 11) is -18.1. The average molecular weight is 357 g/mol. The van der Waals surface area contributed by atoms with Crippen LogP contribution in [0.1, 0.15) is 0 Å². The van der Waals surface area contributed by atoms with Gasteiger partial charge >= 0.3 is 47.7 Å². The van der Waals surface area contributed by atoms with Crippen LogP contribution in [0.25, 0.3) is 0 Å². The Morgan fingerprint density at radius 2 is 0.944 bits per heavy atom. The fourth-order valence-electron chi connectivity index (χ4n) is 0.201. The molecular weight excluding hydrogens is 349 g/mol. The molecule has 0 radical (unpaired) electrons. The van der Waals surface area contributed by atoms with Crippen LogP contribution < -0.4 is 45.0 Å². The van der Waals surface area contributed by atoms with Crippen LogP contribution in [-0.2, 0) is 38.3 Å². The van der Waals surface area contributed by atoms with E-state index in [2.05, 4.69) is 15.4 Å². The van der Waals surface area contributed by atoms with Crippen LogP contribution in [0.2, 0.25) is 0 Å². The van der Waals surface area contributed by atoms with Gasteiger partial charge in [-0.25, -0.2) is 32.3 Å². The van der Waals surface area contributed by atoms with Crippen molar-refractivity contribution >= 4 is 38.3 Å².